The zero-order chi connectivity index (χ0) is 17.9. The second-order valence-electron chi connectivity index (χ2n) is 5.08. The molecule has 0 spiro atoms. The lowest BCUT2D eigenvalue weighted by Gasteiger charge is -2.14. The Bertz CT molecular complexity index is 803. The van der Waals surface area contributed by atoms with Gasteiger partial charge in [-0.1, -0.05) is 11.6 Å². The zero-order valence-electron chi connectivity index (χ0n) is 13.3. The third kappa shape index (κ3) is 4.20. The van der Waals surface area contributed by atoms with Crippen LogP contribution in [-0.2, 0) is 9.53 Å². The number of carbonyl (C=O) groups is 2. The van der Waals surface area contributed by atoms with Crippen molar-refractivity contribution in [3.63, 3.8) is 0 Å². The predicted molar refractivity (Wildman–Crippen MR) is 87.2 cm³/mol. The first-order valence-electron chi connectivity index (χ1n) is 7.02. The Kier molecular flexibility index (Phi) is 5.35. The number of aromatic nitrogens is 1. The highest BCUT2D eigenvalue weighted by Gasteiger charge is 2.23. The van der Waals surface area contributed by atoms with E-state index in [4.69, 9.17) is 20.8 Å². The molecule has 0 aliphatic carbocycles. The molecule has 2 heterocycles. The van der Waals surface area contributed by atoms with E-state index in [-0.39, 0.29) is 17.1 Å². The van der Waals surface area contributed by atoms with E-state index in [0.29, 0.717) is 10.6 Å². The number of esters is 1. The predicted octanol–water partition coefficient (Wildman–Crippen LogP) is 2.49. The molecule has 0 unspecified atom stereocenters. The number of carbonyl (C=O) groups excluding carboxylic acids is 2. The van der Waals surface area contributed by atoms with Gasteiger partial charge in [0.2, 0.25) is 0 Å². The van der Waals surface area contributed by atoms with Crippen molar-refractivity contribution in [2.45, 2.75) is 26.9 Å². The maximum Gasteiger partial charge on any atom is 0.342 e. The summed E-state index contributed by atoms with van der Waals surface area (Å²) in [4.78, 5) is 39.4. The molecule has 2 aromatic rings. The Labute approximate surface area is 142 Å². The van der Waals surface area contributed by atoms with Gasteiger partial charge in [-0.3, -0.25) is 4.79 Å². The van der Waals surface area contributed by atoms with Gasteiger partial charge in [0.05, 0.1) is 5.02 Å². The fraction of sp³-hybridized carbons (Fsp3) is 0.250. The number of halogens is 1. The number of hydrogen-bond donors (Lipinski definition) is 1. The molecule has 0 saturated heterocycles. The third-order valence-corrected chi connectivity index (χ3v) is 3.39. The summed E-state index contributed by atoms with van der Waals surface area (Å²) in [6.07, 6.45) is 0.313. The first-order chi connectivity index (χ1) is 11.3. The van der Waals surface area contributed by atoms with Crippen molar-refractivity contribution in [2.75, 3.05) is 5.32 Å². The standard InChI is InChI=1S/C16H15ClN2O5/c1-8-6-13(20)23-9(2)14(8)16(22)24-10(3)15(21)19-12-5-4-11(17)7-18-12/h4-7,10H,1-3H3,(H,18,19,21)/t10-/m0/s1. The maximum absolute atomic E-state index is 12.2. The number of pyridine rings is 1. The Hall–Kier alpha value is -2.67. The SMILES string of the molecule is Cc1cc(=O)oc(C)c1C(=O)O[C@@H](C)C(=O)Nc1ccc(Cl)cn1. The van der Waals surface area contributed by atoms with Gasteiger partial charge >= 0.3 is 11.6 Å². The van der Waals surface area contributed by atoms with Crippen LogP contribution in [0, 0.1) is 13.8 Å². The van der Waals surface area contributed by atoms with Crippen LogP contribution in [0.2, 0.25) is 5.02 Å². The van der Waals surface area contributed by atoms with Crippen LogP contribution >= 0.6 is 11.6 Å². The molecule has 2 aromatic heterocycles. The fourth-order valence-corrected chi connectivity index (χ4v) is 2.13. The molecule has 0 aromatic carbocycles. The molecule has 0 bridgehead atoms. The van der Waals surface area contributed by atoms with Crippen LogP contribution in [0.1, 0.15) is 28.6 Å². The lowest BCUT2D eigenvalue weighted by molar-refractivity contribution is -0.123. The third-order valence-electron chi connectivity index (χ3n) is 3.17. The molecule has 1 amide bonds. The molecule has 0 fully saturated rings. The number of nitrogens with one attached hydrogen (secondary N) is 1. The van der Waals surface area contributed by atoms with Crippen molar-refractivity contribution in [1.82, 2.24) is 4.98 Å². The van der Waals surface area contributed by atoms with Gasteiger partial charge in [-0.2, -0.15) is 0 Å². The van der Waals surface area contributed by atoms with E-state index in [1.807, 2.05) is 0 Å². The average molecular weight is 351 g/mol. The minimum atomic E-state index is -1.07. The average Bonchev–Trinajstić information content (AvgIpc) is 2.48. The largest absolute Gasteiger partial charge is 0.449 e. The highest BCUT2D eigenvalue weighted by atomic mass is 35.5. The smallest absolute Gasteiger partial charge is 0.342 e. The van der Waals surface area contributed by atoms with Gasteiger partial charge in [0.1, 0.15) is 17.1 Å². The molecule has 7 nitrogen and oxygen atoms in total. The monoisotopic (exact) mass is 350 g/mol. The Balaban J connectivity index is 2.07. The number of ether oxygens (including phenoxy) is 1. The highest BCUT2D eigenvalue weighted by molar-refractivity contribution is 6.30. The number of anilines is 1. The van der Waals surface area contributed by atoms with Crippen LogP contribution in [0.15, 0.2) is 33.6 Å². The molecule has 0 radical (unpaired) electrons. The summed E-state index contributed by atoms with van der Waals surface area (Å²) >= 11 is 5.71. The van der Waals surface area contributed by atoms with E-state index in [9.17, 15) is 14.4 Å². The molecule has 0 saturated carbocycles. The second kappa shape index (κ2) is 7.27. The Morgan fingerprint density at radius 3 is 2.62 bits per heavy atom. The van der Waals surface area contributed by atoms with E-state index in [1.165, 1.54) is 32.2 Å². The highest BCUT2D eigenvalue weighted by Crippen LogP contribution is 2.14. The van der Waals surface area contributed by atoms with Crippen molar-refractivity contribution >= 4 is 29.3 Å². The molecule has 1 N–H and O–H groups in total. The molecule has 2 rings (SSSR count). The van der Waals surface area contributed by atoms with Gasteiger partial charge in [0, 0.05) is 12.3 Å². The van der Waals surface area contributed by atoms with Gasteiger partial charge in [-0.15, -0.1) is 0 Å². The first kappa shape index (κ1) is 17.7. The molecule has 126 valence electrons. The second-order valence-corrected chi connectivity index (χ2v) is 5.51. The minimum Gasteiger partial charge on any atom is -0.449 e. The zero-order valence-corrected chi connectivity index (χ0v) is 14.0. The Morgan fingerprint density at radius 2 is 2.04 bits per heavy atom. The fourth-order valence-electron chi connectivity index (χ4n) is 2.01. The van der Waals surface area contributed by atoms with Crippen LogP contribution < -0.4 is 10.9 Å². The lowest BCUT2D eigenvalue weighted by atomic mass is 10.1. The van der Waals surface area contributed by atoms with Gasteiger partial charge in [0.25, 0.3) is 5.91 Å². The van der Waals surface area contributed by atoms with Crippen molar-refractivity contribution in [3.8, 4) is 0 Å². The number of aryl methyl sites for hydroxylation is 2. The summed E-state index contributed by atoms with van der Waals surface area (Å²) in [5.74, 6) is -0.881. The normalized spacial score (nSPS) is 11.7. The number of rotatable bonds is 4. The van der Waals surface area contributed by atoms with Crippen molar-refractivity contribution in [2.24, 2.45) is 0 Å². The van der Waals surface area contributed by atoms with Crippen LogP contribution in [-0.4, -0.2) is 23.0 Å². The van der Waals surface area contributed by atoms with Crippen molar-refractivity contribution < 1.29 is 18.7 Å². The van der Waals surface area contributed by atoms with Crippen LogP contribution in [0.25, 0.3) is 0 Å². The molecular weight excluding hydrogens is 336 g/mol. The van der Waals surface area contributed by atoms with E-state index < -0.39 is 23.6 Å². The van der Waals surface area contributed by atoms with E-state index in [2.05, 4.69) is 10.3 Å². The molecule has 24 heavy (non-hydrogen) atoms. The van der Waals surface area contributed by atoms with Crippen LogP contribution in [0.4, 0.5) is 5.82 Å². The Morgan fingerprint density at radius 1 is 1.33 bits per heavy atom. The topological polar surface area (TPSA) is 98.5 Å². The van der Waals surface area contributed by atoms with E-state index in [0.717, 1.165) is 0 Å². The van der Waals surface area contributed by atoms with Gasteiger partial charge in [0.15, 0.2) is 6.10 Å². The minimum absolute atomic E-state index is 0.124. The molecule has 1 atom stereocenters. The summed E-state index contributed by atoms with van der Waals surface area (Å²) in [6.45, 7) is 4.49. The molecule has 8 heteroatoms. The summed E-state index contributed by atoms with van der Waals surface area (Å²) in [5, 5.41) is 2.94. The lowest BCUT2D eigenvalue weighted by Crippen LogP contribution is -2.30. The van der Waals surface area contributed by atoms with Crippen LogP contribution in [0.5, 0.6) is 0 Å². The number of hydrogen-bond acceptors (Lipinski definition) is 6. The summed E-state index contributed by atoms with van der Waals surface area (Å²) in [6, 6.07) is 4.28. The van der Waals surface area contributed by atoms with Crippen molar-refractivity contribution in [1.29, 1.82) is 0 Å². The van der Waals surface area contributed by atoms with E-state index in [1.54, 1.807) is 13.0 Å². The van der Waals surface area contributed by atoms with Gasteiger partial charge in [-0.25, -0.2) is 14.6 Å². The van der Waals surface area contributed by atoms with Crippen LogP contribution in [0.3, 0.4) is 0 Å². The number of amides is 1. The quantitative estimate of drug-likeness (QED) is 0.850. The molecule has 0 aliphatic heterocycles. The van der Waals surface area contributed by atoms with Gasteiger partial charge in [-0.05, 0) is 38.5 Å². The summed E-state index contributed by atoms with van der Waals surface area (Å²) in [5.41, 5.74) is -0.0132. The molecular formula is C16H15ClN2O5. The first-order valence-corrected chi connectivity index (χ1v) is 7.40. The summed E-state index contributed by atoms with van der Waals surface area (Å²) < 4.78 is 10.0. The number of nitrogens with zero attached hydrogens (tertiary/aromatic N) is 1. The summed E-state index contributed by atoms with van der Waals surface area (Å²) in [7, 11) is 0. The maximum atomic E-state index is 12.2. The van der Waals surface area contributed by atoms with Crippen molar-refractivity contribution in [3.05, 3.63) is 56.7 Å². The van der Waals surface area contributed by atoms with Gasteiger partial charge < -0.3 is 14.5 Å². The molecule has 0 aliphatic rings. The van der Waals surface area contributed by atoms with E-state index >= 15 is 0 Å².